The van der Waals surface area contributed by atoms with Crippen LogP contribution in [0.3, 0.4) is 0 Å². The largest absolute Gasteiger partial charge is 0.419 e. The predicted octanol–water partition coefficient (Wildman–Crippen LogP) is 4.06. The molecule has 0 saturated carbocycles. The third-order valence-electron chi connectivity index (χ3n) is 4.54. The highest BCUT2D eigenvalue weighted by molar-refractivity contribution is 7.11. The first-order valence-corrected chi connectivity index (χ1v) is 9.75. The molecule has 27 heavy (non-hydrogen) atoms. The zero-order valence-electron chi connectivity index (χ0n) is 15.2. The van der Waals surface area contributed by atoms with Gasteiger partial charge in [-0.05, 0) is 48.9 Å². The van der Waals surface area contributed by atoms with E-state index >= 15 is 0 Å². The van der Waals surface area contributed by atoms with Crippen LogP contribution in [0.15, 0.2) is 70.1 Å². The Balaban J connectivity index is 1.54. The molecule has 0 unspecified atom stereocenters. The molecule has 0 saturated heterocycles. The summed E-state index contributed by atoms with van der Waals surface area (Å²) in [7, 11) is 0. The Morgan fingerprint density at radius 2 is 1.89 bits per heavy atom. The number of para-hydroxylation sites is 2. The van der Waals surface area contributed by atoms with Gasteiger partial charge < -0.3 is 4.42 Å². The number of fused-ring (bicyclic) bond motifs is 1. The second-order valence-electron chi connectivity index (χ2n) is 6.57. The fraction of sp³-hybridized carbons (Fsp3) is 0.238. The van der Waals surface area contributed by atoms with Gasteiger partial charge in [0.05, 0.1) is 5.52 Å². The van der Waals surface area contributed by atoms with Gasteiger partial charge in [-0.15, -0.1) is 11.3 Å². The molecule has 0 fully saturated rings. The van der Waals surface area contributed by atoms with Crippen molar-refractivity contribution in [3.63, 3.8) is 0 Å². The van der Waals surface area contributed by atoms with E-state index in [1.807, 2.05) is 60.1 Å². The highest BCUT2D eigenvalue weighted by Crippen LogP contribution is 2.19. The van der Waals surface area contributed by atoms with E-state index in [1.165, 1.54) is 15.3 Å². The number of hydrogen-bond donors (Lipinski definition) is 0. The molecular formula is C21H21N3O2S. The lowest BCUT2D eigenvalue weighted by Gasteiger charge is -2.22. The second-order valence-corrected chi connectivity index (χ2v) is 7.94. The van der Waals surface area contributed by atoms with Crippen LogP contribution in [0.25, 0.3) is 11.1 Å². The van der Waals surface area contributed by atoms with Crippen LogP contribution in [0.2, 0.25) is 0 Å². The maximum absolute atomic E-state index is 12.2. The zero-order valence-corrected chi connectivity index (χ0v) is 16.0. The Bertz CT molecular complexity index is 1080. The Labute approximate surface area is 161 Å². The molecule has 0 aliphatic rings. The number of aromatic nitrogens is 2. The van der Waals surface area contributed by atoms with Crippen molar-refractivity contribution in [1.29, 1.82) is 0 Å². The van der Waals surface area contributed by atoms with Gasteiger partial charge in [0.25, 0.3) is 0 Å². The van der Waals surface area contributed by atoms with E-state index in [-0.39, 0.29) is 5.76 Å². The van der Waals surface area contributed by atoms with Gasteiger partial charge in [0.1, 0.15) is 0 Å². The number of aryl methyl sites for hydroxylation is 1. The molecule has 0 amide bonds. The van der Waals surface area contributed by atoms with Gasteiger partial charge in [-0.3, -0.25) is 14.5 Å². The van der Waals surface area contributed by atoms with E-state index < -0.39 is 0 Å². The lowest BCUT2D eigenvalue weighted by Crippen LogP contribution is -2.29. The summed E-state index contributed by atoms with van der Waals surface area (Å²) in [5, 5.41) is 0. The van der Waals surface area contributed by atoms with E-state index in [4.69, 9.17) is 4.42 Å². The summed E-state index contributed by atoms with van der Waals surface area (Å²) in [6.07, 6.45) is 3.63. The molecule has 4 rings (SSSR count). The van der Waals surface area contributed by atoms with Gasteiger partial charge >= 0.3 is 5.76 Å². The molecule has 0 aliphatic carbocycles. The van der Waals surface area contributed by atoms with Crippen molar-refractivity contribution < 1.29 is 4.42 Å². The van der Waals surface area contributed by atoms with Crippen molar-refractivity contribution in [2.75, 3.05) is 6.54 Å². The average molecular weight is 379 g/mol. The molecule has 0 aliphatic heterocycles. The molecule has 0 radical (unpaired) electrons. The minimum Gasteiger partial charge on any atom is -0.408 e. The normalized spacial score (nSPS) is 11.5. The van der Waals surface area contributed by atoms with E-state index in [0.717, 1.165) is 25.2 Å². The van der Waals surface area contributed by atoms with Crippen molar-refractivity contribution in [3.8, 4) is 0 Å². The molecule has 0 bridgehead atoms. The SMILES string of the molecule is Cc1ccc(CN(CCn2c(=O)oc3ccccc32)Cc2ccncc2)s1. The molecule has 4 aromatic rings. The quantitative estimate of drug-likeness (QED) is 0.486. The van der Waals surface area contributed by atoms with Crippen LogP contribution in [0.4, 0.5) is 0 Å². The summed E-state index contributed by atoms with van der Waals surface area (Å²) in [4.78, 5) is 21.3. The first-order chi connectivity index (χ1) is 13.2. The summed E-state index contributed by atoms with van der Waals surface area (Å²) >= 11 is 1.81. The highest BCUT2D eigenvalue weighted by atomic mass is 32.1. The molecule has 0 N–H and O–H groups in total. The number of nitrogens with zero attached hydrogens (tertiary/aromatic N) is 3. The molecule has 6 heteroatoms. The fourth-order valence-corrected chi connectivity index (χ4v) is 4.15. The smallest absolute Gasteiger partial charge is 0.408 e. The van der Waals surface area contributed by atoms with Crippen LogP contribution >= 0.6 is 11.3 Å². The van der Waals surface area contributed by atoms with Crippen LogP contribution in [-0.2, 0) is 19.6 Å². The van der Waals surface area contributed by atoms with E-state index in [0.29, 0.717) is 12.1 Å². The van der Waals surface area contributed by atoms with Crippen molar-refractivity contribution in [3.05, 3.63) is 86.8 Å². The van der Waals surface area contributed by atoms with Crippen LogP contribution < -0.4 is 5.76 Å². The number of pyridine rings is 1. The van der Waals surface area contributed by atoms with Crippen molar-refractivity contribution >= 4 is 22.4 Å². The van der Waals surface area contributed by atoms with Gasteiger partial charge in [0, 0.05) is 48.3 Å². The highest BCUT2D eigenvalue weighted by Gasteiger charge is 2.13. The van der Waals surface area contributed by atoms with Gasteiger partial charge in [0.2, 0.25) is 0 Å². The average Bonchev–Trinajstić information content (AvgIpc) is 3.22. The van der Waals surface area contributed by atoms with Crippen LogP contribution in [0.5, 0.6) is 0 Å². The van der Waals surface area contributed by atoms with Crippen molar-refractivity contribution in [1.82, 2.24) is 14.5 Å². The maximum Gasteiger partial charge on any atom is 0.419 e. The molecule has 3 aromatic heterocycles. The summed E-state index contributed by atoms with van der Waals surface area (Å²) < 4.78 is 7.07. The first kappa shape index (κ1) is 17.7. The number of benzene rings is 1. The van der Waals surface area contributed by atoms with Gasteiger partial charge in [-0.25, -0.2) is 4.79 Å². The zero-order chi connectivity index (χ0) is 18.6. The lowest BCUT2D eigenvalue weighted by atomic mass is 10.2. The van der Waals surface area contributed by atoms with Crippen LogP contribution in [0, 0.1) is 6.92 Å². The van der Waals surface area contributed by atoms with Gasteiger partial charge in [-0.1, -0.05) is 12.1 Å². The summed E-state index contributed by atoms with van der Waals surface area (Å²) in [5.41, 5.74) is 2.69. The van der Waals surface area contributed by atoms with Gasteiger partial charge in [-0.2, -0.15) is 0 Å². The number of rotatable bonds is 7. The Morgan fingerprint density at radius 1 is 1.07 bits per heavy atom. The van der Waals surface area contributed by atoms with E-state index in [2.05, 4.69) is 28.9 Å². The topological polar surface area (TPSA) is 51.3 Å². The third-order valence-corrected chi connectivity index (χ3v) is 5.53. The minimum absolute atomic E-state index is 0.299. The number of thiophene rings is 1. The fourth-order valence-electron chi connectivity index (χ4n) is 3.22. The standard InChI is InChI=1S/C21H21N3O2S/c1-16-6-7-18(27-16)15-23(14-17-8-10-22-11-9-17)12-13-24-19-4-2-3-5-20(19)26-21(24)25/h2-11H,12-15H2,1H3. The Morgan fingerprint density at radius 3 is 2.67 bits per heavy atom. The molecule has 0 spiro atoms. The van der Waals surface area contributed by atoms with Crippen molar-refractivity contribution in [2.45, 2.75) is 26.6 Å². The Kier molecular flexibility index (Phi) is 5.18. The number of hydrogen-bond acceptors (Lipinski definition) is 5. The summed E-state index contributed by atoms with van der Waals surface area (Å²) in [6.45, 7) is 5.13. The van der Waals surface area contributed by atoms with E-state index in [1.54, 1.807) is 4.57 Å². The molecule has 0 atom stereocenters. The Hall–Kier alpha value is -2.70. The molecule has 138 valence electrons. The minimum atomic E-state index is -0.299. The number of oxazole rings is 1. The van der Waals surface area contributed by atoms with Crippen LogP contribution in [0.1, 0.15) is 15.3 Å². The summed E-state index contributed by atoms with van der Waals surface area (Å²) in [5.74, 6) is -0.299. The lowest BCUT2D eigenvalue weighted by molar-refractivity contribution is 0.246. The third kappa shape index (κ3) is 4.18. The van der Waals surface area contributed by atoms with Gasteiger partial charge in [0.15, 0.2) is 5.58 Å². The molecule has 1 aromatic carbocycles. The predicted molar refractivity (Wildman–Crippen MR) is 108 cm³/mol. The summed E-state index contributed by atoms with van der Waals surface area (Å²) in [6, 6.07) is 16.0. The molecule has 5 nitrogen and oxygen atoms in total. The van der Waals surface area contributed by atoms with Crippen LogP contribution in [-0.4, -0.2) is 21.0 Å². The van der Waals surface area contributed by atoms with E-state index in [9.17, 15) is 4.79 Å². The second kappa shape index (κ2) is 7.90. The molecule has 3 heterocycles. The van der Waals surface area contributed by atoms with Crippen molar-refractivity contribution in [2.24, 2.45) is 0 Å². The molecular weight excluding hydrogens is 358 g/mol. The first-order valence-electron chi connectivity index (χ1n) is 8.94. The maximum atomic E-state index is 12.2. The monoisotopic (exact) mass is 379 g/mol.